The third kappa shape index (κ3) is 4.30. The van der Waals surface area contributed by atoms with E-state index >= 15 is 4.39 Å². The van der Waals surface area contributed by atoms with Gasteiger partial charge in [0.15, 0.2) is 0 Å². The standard InChI is InChI=1S/C20H21F3N2OS/c1-2-27-24-20-17(22)11-25(12-26)18(20)10-14-6-4-8-16(19(14)23)13-5-3-7-15(21)9-13/h3-9,12,17-18,20,24H,2,10-11H2,1H3. The Labute approximate surface area is 161 Å². The summed E-state index contributed by atoms with van der Waals surface area (Å²) in [5.41, 5.74) is 1.09. The largest absolute Gasteiger partial charge is 0.337 e. The molecule has 3 rings (SSSR count). The summed E-state index contributed by atoms with van der Waals surface area (Å²) in [7, 11) is 0. The summed E-state index contributed by atoms with van der Waals surface area (Å²) < 4.78 is 46.0. The van der Waals surface area contributed by atoms with E-state index in [9.17, 15) is 13.6 Å². The number of hydrogen-bond donors (Lipinski definition) is 1. The molecule has 0 aliphatic carbocycles. The van der Waals surface area contributed by atoms with Gasteiger partial charge in [-0.3, -0.25) is 9.52 Å². The van der Waals surface area contributed by atoms with Crippen LogP contribution in [-0.2, 0) is 11.2 Å². The fourth-order valence-corrected chi connectivity index (χ4v) is 4.10. The van der Waals surface area contributed by atoms with Gasteiger partial charge in [-0.05, 0) is 29.7 Å². The molecular formula is C20H21F3N2OS. The van der Waals surface area contributed by atoms with Gasteiger partial charge in [0, 0.05) is 11.3 Å². The highest BCUT2D eigenvalue weighted by Crippen LogP contribution is 2.29. The minimum absolute atomic E-state index is 0.0126. The van der Waals surface area contributed by atoms with E-state index < -0.39 is 29.9 Å². The van der Waals surface area contributed by atoms with Crippen molar-refractivity contribution >= 4 is 18.4 Å². The zero-order chi connectivity index (χ0) is 19.4. The maximum Gasteiger partial charge on any atom is 0.210 e. The van der Waals surface area contributed by atoms with Gasteiger partial charge in [0.25, 0.3) is 0 Å². The summed E-state index contributed by atoms with van der Waals surface area (Å²) in [6.45, 7) is 1.93. The fourth-order valence-electron chi connectivity index (χ4n) is 3.44. The molecule has 3 nitrogen and oxygen atoms in total. The Morgan fingerprint density at radius 3 is 2.74 bits per heavy atom. The van der Waals surface area contributed by atoms with Crippen LogP contribution in [0.3, 0.4) is 0 Å². The summed E-state index contributed by atoms with van der Waals surface area (Å²) in [6.07, 6.45) is -0.423. The van der Waals surface area contributed by atoms with Crippen LogP contribution in [-0.4, -0.2) is 41.9 Å². The number of amides is 1. The summed E-state index contributed by atoms with van der Waals surface area (Å²) >= 11 is 1.37. The molecule has 1 fully saturated rings. The molecular weight excluding hydrogens is 373 g/mol. The Bertz CT molecular complexity index is 805. The van der Waals surface area contributed by atoms with Gasteiger partial charge in [-0.25, -0.2) is 13.2 Å². The summed E-state index contributed by atoms with van der Waals surface area (Å²) in [4.78, 5) is 12.8. The van der Waals surface area contributed by atoms with Crippen molar-refractivity contribution in [3.05, 3.63) is 59.7 Å². The second-order valence-corrected chi connectivity index (χ2v) is 7.56. The molecule has 3 unspecified atom stereocenters. The molecule has 1 aliphatic heterocycles. The molecule has 2 aromatic rings. The second kappa shape index (κ2) is 8.80. The molecule has 2 aromatic carbocycles. The van der Waals surface area contributed by atoms with Gasteiger partial charge in [0.2, 0.25) is 6.41 Å². The lowest BCUT2D eigenvalue weighted by atomic mass is 9.96. The van der Waals surface area contributed by atoms with Gasteiger partial charge in [-0.1, -0.05) is 49.2 Å². The highest BCUT2D eigenvalue weighted by molar-refractivity contribution is 7.97. The number of nitrogens with one attached hydrogen (secondary N) is 1. The molecule has 0 aromatic heterocycles. The number of alkyl halides is 1. The quantitative estimate of drug-likeness (QED) is 0.570. The van der Waals surface area contributed by atoms with Crippen LogP contribution >= 0.6 is 11.9 Å². The van der Waals surface area contributed by atoms with Crippen molar-refractivity contribution in [2.75, 3.05) is 12.3 Å². The molecule has 0 bridgehead atoms. The second-order valence-electron chi connectivity index (χ2n) is 6.46. The molecule has 1 saturated heterocycles. The van der Waals surface area contributed by atoms with E-state index in [1.807, 2.05) is 6.92 Å². The van der Waals surface area contributed by atoms with E-state index in [0.717, 1.165) is 5.75 Å². The Kier molecular flexibility index (Phi) is 6.44. The summed E-state index contributed by atoms with van der Waals surface area (Å²) in [5.74, 6) is -0.167. The molecule has 0 saturated carbocycles. The summed E-state index contributed by atoms with van der Waals surface area (Å²) in [5, 5.41) is 0. The molecule has 3 atom stereocenters. The van der Waals surface area contributed by atoms with Gasteiger partial charge in [0.1, 0.15) is 17.8 Å². The van der Waals surface area contributed by atoms with Gasteiger partial charge >= 0.3 is 0 Å². The SMILES string of the molecule is CCSNC1C(F)CN(C=O)C1Cc1cccc(-c2cccc(F)c2)c1F. The third-order valence-electron chi connectivity index (χ3n) is 4.76. The van der Waals surface area contributed by atoms with Gasteiger partial charge in [-0.15, -0.1) is 0 Å². The van der Waals surface area contributed by atoms with Crippen molar-refractivity contribution < 1.29 is 18.0 Å². The van der Waals surface area contributed by atoms with Crippen LogP contribution in [0.5, 0.6) is 0 Å². The lowest BCUT2D eigenvalue weighted by Crippen LogP contribution is -2.43. The van der Waals surface area contributed by atoms with Crippen LogP contribution in [0.1, 0.15) is 12.5 Å². The Morgan fingerprint density at radius 2 is 2.04 bits per heavy atom. The fraction of sp³-hybridized carbons (Fsp3) is 0.350. The summed E-state index contributed by atoms with van der Waals surface area (Å²) in [6, 6.07) is 9.57. The average Bonchev–Trinajstić information content (AvgIpc) is 2.96. The van der Waals surface area contributed by atoms with Crippen LogP contribution < -0.4 is 4.72 Å². The lowest BCUT2D eigenvalue weighted by Gasteiger charge is -2.26. The van der Waals surface area contributed by atoms with Crippen molar-refractivity contribution in [3.8, 4) is 11.1 Å². The van der Waals surface area contributed by atoms with E-state index in [-0.39, 0.29) is 18.5 Å². The monoisotopic (exact) mass is 394 g/mol. The number of rotatable bonds is 7. The van der Waals surface area contributed by atoms with E-state index in [2.05, 4.69) is 4.72 Å². The molecule has 27 heavy (non-hydrogen) atoms. The Balaban J connectivity index is 1.89. The van der Waals surface area contributed by atoms with Crippen molar-refractivity contribution in [1.29, 1.82) is 0 Å². The van der Waals surface area contributed by atoms with E-state index in [1.54, 1.807) is 24.3 Å². The van der Waals surface area contributed by atoms with Crippen molar-refractivity contribution in [3.63, 3.8) is 0 Å². The first-order chi connectivity index (χ1) is 13.0. The third-order valence-corrected chi connectivity index (χ3v) is 5.49. The van der Waals surface area contributed by atoms with Crippen LogP contribution in [0, 0.1) is 11.6 Å². The minimum Gasteiger partial charge on any atom is -0.337 e. The predicted molar refractivity (Wildman–Crippen MR) is 102 cm³/mol. The van der Waals surface area contributed by atoms with Gasteiger partial charge < -0.3 is 4.90 Å². The molecule has 1 amide bonds. The lowest BCUT2D eigenvalue weighted by molar-refractivity contribution is -0.119. The highest BCUT2D eigenvalue weighted by Gasteiger charge is 2.41. The van der Waals surface area contributed by atoms with E-state index in [0.29, 0.717) is 17.5 Å². The Hall–Kier alpha value is -1.99. The molecule has 144 valence electrons. The van der Waals surface area contributed by atoms with Crippen LogP contribution in [0.15, 0.2) is 42.5 Å². The number of benzene rings is 2. The van der Waals surface area contributed by atoms with Gasteiger partial charge in [-0.2, -0.15) is 0 Å². The van der Waals surface area contributed by atoms with E-state index in [4.69, 9.17) is 0 Å². The van der Waals surface area contributed by atoms with E-state index in [1.165, 1.54) is 35.0 Å². The van der Waals surface area contributed by atoms with Crippen LogP contribution in [0.4, 0.5) is 13.2 Å². The normalized spacial score (nSPS) is 22.2. The van der Waals surface area contributed by atoms with Crippen LogP contribution in [0.2, 0.25) is 0 Å². The molecule has 0 spiro atoms. The van der Waals surface area contributed by atoms with Crippen molar-refractivity contribution in [2.45, 2.75) is 31.6 Å². The average molecular weight is 394 g/mol. The highest BCUT2D eigenvalue weighted by atomic mass is 32.2. The number of carbonyl (C=O) groups excluding carboxylic acids is 1. The molecule has 1 aliphatic rings. The molecule has 1 N–H and O–H groups in total. The Morgan fingerprint density at radius 1 is 1.26 bits per heavy atom. The zero-order valence-electron chi connectivity index (χ0n) is 14.9. The first-order valence-corrected chi connectivity index (χ1v) is 9.79. The van der Waals surface area contributed by atoms with Crippen molar-refractivity contribution in [2.24, 2.45) is 0 Å². The maximum atomic E-state index is 15.1. The van der Waals surface area contributed by atoms with Crippen molar-refractivity contribution in [1.82, 2.24) is 9.62 Å². The maximum absolute atomic E-state index is 15.1. The number of halogens is 3. The smallest absolute Gasteiger partial charge is 0.210 e. The first-order valence-electron chi connectivity index (χ1n) is 8.81. The number of nitrogens with zero attached hydrogens (tertiary/aromatic N) is 1. The number of likely N-dealkylation sites (tertiary alicyclic amines) is 1. The predicted octanol–water partition coefficient (Wildman–Crippen LogP) is 3.98. The zero-order valence-corrected chi connectivity index (χ0v) is 15.7. The minimum atomic E-state index is -1.21. The molecule has 0 radical (unpaired) electrons. The van der Waals surface area contributed by atoms with Crippen LogP contribution in [0.25, 0.3) is 11.1 Å². The first kappa shape index (κ1) is 19.8. The molecule has 7 heteroatoms. The van der Waals surface area contributed by atoms with Gasteiger partial charge in [0.05, 0.1) is 18.6 Å². The number of hydrogen-bond acceptors (Lipinski definition) is 3. The topological polar surface area (TPSA) is 32.3 Å². The number of carbonyl (C=O) groups is 1. The molecule has 1 heterocycles.